The van der Waals surface area contributed by atoms with Crippen LogP contribution in [0.3, 0.4) is 0 Å². The molecule has 0 spiro atoms. The van der Waals surface area contributed by atoms with Crippen molar-refractivity contribution in [2.24, 2.45) is 0 Å². The maximum atomic E-state index is 9.13. The molecule has 31 heavy (non-hydrogen) atoms. The van der Waals surface area contributed by atoms with Crippen molar-refractivity contribution in [2.75, 3.05) is 7.11 Å². The van der Waals surface area contributed by atoms with E-state index in [1.807, 2.05) is 96.1 Å². The summed E-state index contributed by atoms with van der Waals surface area (Å²) in [5.74, 6) is 1.44. The molecule has 4 heteroatoms. The van der Waals surface area contributed by atoms with Gasteiger partial charge in [-0.15, -0.1) is 0 Å². The first-order chi connectivity index (χ1) is 15.3. The van der Waals surface area contributed by atoms with Crippen LogP contribution in [0.4, 0.5) is 0 Å². The zero-order valence-corrected chi connectivity index (χ0v) is 19.6. The lowest BCUT2D eigenvalue weighted by atomic mass is 10.0. The number of rotatable bonds is 3. The summed E-state index contributed by atoms with van der Waals surface area (Å²) in [6.07, 6.45) is 1.75. The molecule has 2 aromatic heterocycles. The topological polar surface area (TPSA) is 59.0 Å². The fourth-order valence-electron chi connectivity index (χ4n) is 2.90. The molecule has 0 unspecified atom stereocenters. The van der Waals surface area contributed by atoms with Gasteiger partial charge in [-0.05, 0) is 35.9 Å². The quantitative estimate of drug-likeness (QED) is 0.338. The van der Waals surface area contributed by atoms with Gasteiger partial charge >= 0.3 is 0 Å². The maximum Gasteiger partial charge on any atom is 0.161 e. The molecule has 2 heterocycles. The van der Waals surface area contributed by atoms with Gasteiger partial charge in [0.1, 0.15) is 17.0 Å². The van der Waals surface area contributed by atoms with Crippen molar-refractivity contribution in [1.82, 2.24) is 4.98 Å². The van der Waals surface area contributed by atoms with Crippen LogP contribution in [-0.2, 0) is 0 Å². The minimum Gasteiger partial charge on any atom is -0.496 e. The van der Waals surface area contributed by atoms with E-state index < -0.39 is 0 Å². The first-order valence-corrected chi connectivity index (χ1v) is 10.8. The first kappa shape index (κ1) is 25.5. The highest BCUT2D eigenvalue weighted by Gasteiger charge is 2.15. The standard InChI is InChI=1S/C21H14N2O2.3C2H6/c1-24-19-8-3-2-7-17(19)20-12-18-21(25-20)16(9-10-23-18)15-6-4-5-14(11-15)13-22;3*1-2/h2-12H,1H3;3*1-2H3. The number of pyridine rings is 1. The van der Waals surface area contributed by atoms with Gasteiger partial charge in [-0.1, -0.05) is 65.8 Å². The molecule has 0 saturated carbocycles. The molecule has 0 aliphatic rings. The van der Waals surface area contributed by atoms with Gasteiger partial charge in [-0.25, -0.2) is 0 Å². The van der Waals surface area contributed by atoms with Crippen molar-refractivity contribution in [3.8, 4) is 34.3 Å². The molecule has 4 nitrogen and oxygen atoms in total. The van der Waals surface area contributed by atoms with E-state index in [0.717, 1.165) is 28.0 Å². The van der Waals surface area contributed by atoms with Crippen LogP contribution in [0.15, 0.2) is 71.3 Å². The average molecular weight is 417 g/mol. The number of nitrogens with zero attached hydrogens (tertiary/aromatic N) is 2. The lowest BCUT2D eigenvalue weighted by Gasteiger charge is -2.05. The number of hydrogen-bond donors (Lipinski definition) is 0. The largest absolute Gasteiger partial charge is 0.496 e. The van der Waals surface area contributed by atoms with E-state index in [1.165, 1.54) is 0 Å². The van der Waals surface area contributed by atoms with Gasteiger partial charge in [-0.2, -0.15) is 5.26 Å². The van der Waals surface area contributed by atoms with Crippen molar-refractivity contribution >= 4 is 11.1 Å². The van der Waals surface area contributed by atoms with Crippen LogP contribution < -0.4 is 4.74 Å². The smallest absolute Gasteiger partial charge is 0.161 e. The molecule has 0 radical (unpaired) electrons. The number of nitriles is 1. The highest BCUT2D eigenvalue weighted by Crippen LogP contribution is 2.36. The Morgan fingerprint density at radius 1 is 0.839 bits per heavy atom. The van der Waals surface area contributed by atoms with E-state index in [-0.39, 0.29) is 0 Å². The Hall–Kier alpha value is -3.58. The molecular weight excluding hydrogens is 384 g/mol. The molecule has 2 aromatic carbocycles. The minimum absolute atomic E-state index is 0.610. The molecule has 4 aromatic rings. The Kier molecular flexibility index (Phi) is 11.2. The van der Waals surface area contributed by atoms with Crippen molar-refractivity contribution in [2.45, 2.75) is 41.5 Å². The van der Waals surface area contributed by atoms with Crippen molar-refractivity contribution < 1.29 is 9.15 Å². The maximum absolute atomic E-state index is 9.13. The Morgan fingerprint density at radius 3 is 2.23 bits per heavy atom. The van der Waals surface area contributed by atoms with Crippen molar-refractivity contribution in [1.29, 1.82) is 5.26 Å². The van der Waals surface area contributed by atoms with E-state index in [4.69, 9.17) is 14.4 Å². The predicted molar refractivity (Wildman–Crippen MR) is 130 cm³/mol. The second-order valence-electron chi connectivity index (χ2n) is 5.58. The Morgan fingerprint density at radius 2 is 1.55 bits per heavy atom. The minimum atomic E-state index is 0.610. The van der Waals surface area contributed by atoms with E-state index in [9.17, 15) is 0 Å². The van der Waals surface area contributed by atoms with Crippen LogP contribution in [0.25, 0.3) is 33.6 Å². The number of furan rings is 1. The van der Waals surface area contributed by atoms with Gasteiger partial charge in [0.15, 0.2) is 5.58 Å². The van der Waals surface area contributed by atoms with Gasteiger partial charge in [0, 0.05) is 17.8 Å². The molecule has 0 amide bonds. The van der Waals surface area contributed by atoms with Gasteiger partial charge in [0.25, 0.3) is 0 Å². The Balaban J connectivity index is 0.000000739. The van der Waals surface area contributed by atoms with E-state index in [1.54, 1.807) is 19.4 Å². The third-order valence-corrected chi connectivity index (χ3v) is 4.09. The van der Waals surface area contributed by atoms with E-state index >= 15 is 0 Å². The molecule has 0 atom stereocenters. The summed E-state index contributed by atoms with van der Waals surface area (Å²) in [6.45, 7) is 12.0. The van der Waals surface area contributed by atoms with Crippen molar-refractivity contribution in [3.63, 3.8) is 0 Å². The Labute approximate surface area is 186 Å². The lowest BCUT2D eigenvalue weighted by Crippen LogP contribution is -1.85. The monoisotopic (exact) mass is 416 g/mol. The van der Waals surface area contributed by atoms with Gasteiger partial charge in [0.2, 0.25) is 0 Å². The molecule has 0 fully saturated rings. The lowest BCUT2D eigenvalue weighted by molar-refractivity contribution is 0.415. The van der Waals surface area contributed by atoms with Gasteiger partial charge in [-0.3, -0.25) is 4.98 Å². The second-order valence-corrected chi connectivity index (χ2v) is 5.58. The molecule has 0 aliphatic heterocycles. The third-order valence-electron chi connectivity index (χ3n) is 4.09. The van der Waals surface area contributed by atoms with Gasteiger partial charge in [0.05, 0.1) is 24.3 Å². The predicted octanol–water partition coefficient (Wildman–Crippen LogP) is 8.12. The fraction of sp³-hybridized carbons (Fsp3) is 0.259. The van der Waals surface area contributed by atoms with Crippen LogP contribution in [0.2, 0.25) is 0 Å². The highest BCUT2D eigenvalue weighted by molar-refractivity contribution is 5.93. The zero-order chi connectivity index (χ0) is 23.2. The Bertz CT molecular complexity index is 1110. The number of methoxy groups -OCH3 is 1. The third kappa shape index (κ3) is 5.96. The summed E-state index contributed by atoms with van der Waals surface area (Å²) >= 11 is 0. The van der Waals surface area contributed by atoms with Crippen LogP contribution in [0.5, 0.6) is 5.75 Å². The van der Waals surface area contributed by atoms with Crippen LogP contribution in [0, 0.1) is 11.3 Å². The molecule has 0 N–H and O–H groups in total. The number of para-hydroxylation sites is 1. The SMILES string of the molecule is CC.CC.CC.COc1ccccc1-c1cc2nccc(-c3cccc(C#N)c3)c2o1. The summed E-state index contributed by atoms with van der Waals surface area (Å²) in [5, 5.41) is 9.13. The highest BCUT2D eigenvalue weighted by atomic mass is 16.5. The van der Waals surface area contributed by atoms with Crippen LogP contribution >= 0.6 is 0 Å². The normalized spacial score (nSPS) is 9.10. The number of aromatic nitrogens is 1. The molecule has 162 valence electrons. The zero-order valence-electron chi connectivity index (χ0n) is 19.6. The van der Waals surface area contributed by atoms with E-state index in [0.29, 0.717) is 16.9 Å². The summed E-state index contributed by atoms with van der Waals surface area (Å²) in [6, 6.07) is 21.1. The first-order valence-electron chi connectivity index (χ1n) is 10.8. The number of ether oxygens (including phenoxy) is 1. The summed E-state index contributed by atoms with van der Waals surface area (Å²) < 4.78 is 11.6. The van der Waals surface area contributed by atoms with Gasteiger partial charge < -0.3 is 9.15 Å². The van der Waals surface area contributed by atoms with Crippen molar-refractivity contribution in [3.05, 3.63) is 72.4 Å². The number of fused-ring (bicyclic) bond motifs is 1. The summed E-state index contributed by atoms with van der Waals surface area (Å²) in [7, 11) is 1.64. The summed E-state index contributed by atoms with van der Waals surface area (Å²) in [5.41, 5.74) is 4.77. The average Bonchev–Trinajstić information content (AvgIpc) is 3.32. The van der Waals surface area contributed by atoms with Crippen LogP contribution in [-0.4, -0.2) is 12.1 Å². The summed E-state index contributed by atoms with van der Waals surface area (Å²) in [4.78, 5) is 4.41. The molecule has 0 saturated heterocycles. The fourth-order valence-corrected chi connectivity index (χ4v) is 2.90. The number of benzene rings is 2. The second kappa shape index (κ2) is 13.6. The molecular formula is C27H32N2O2. The molecule has 4 rings (SSSR count). The molecule has 0 aliphatic carbocycles. The van der Waals surface area contributed by atoms with E-state index in [2.05, 4.69) is 11.1 Å². The van der Waals surface area contributed by atoms with Crippen LogP contribution in [0.1, 0.15) is 47.1 Å². The molecule has 0 bridgehead atoms. The number of hydrogen-bond acceptors (Lipinski definition) is 4.